The molecular weight excluding hydrogens is 234 g/mol. The lowest BCUT2D eigenvalue weighted by Gasteiger charge is -2.15. The Morgan fingerprint density at radius 3 is 3.12 bits per heavy atom. The Morgan fingerprint density at radius 1 is 1.65 bits per heavy atom. The minimum atomic E-state index is 0.0513. The fourth-order valence-corrected chi connectivity index (χ4v) is 3.11. The molecule has 1 aliphatic rings. The van der Waals surface area contributed by atoms with E-state index in [4.69, 9.17) is 5.73 Å². The number of carbonyl (C=O) groups is 1. The molecule has 5 heteroatoms. The first kappa shape index (κ1) is 12.5. The highest BCUT2D eigenvalue weighted by molar-refractivity contribution is 7.15. The standard InChI is InChI=1S/C12H19N3OS/c1-7(2)5-11(16)15-12-14-9-4-3-8(13)6-10(9)17-12/h7-8H,3-6,13H2,1-2H3,(H,14,15,16)/t8-/m0/s1. The Balaban J connectivity index is 2.01. The van der Waals surface area contributed by atoms with Gasteiger partial charge in [-0.2, -0.15) is 0 Å². The first-order valence-electron chi connectivity index (χ1n) is 6.08. The normalized spacial score (nSPS) is 19.2. The number of nitrogens with two attached hydrogens (primary N) is 1. The van der Waals surface area contributed by atoms with Crippen LogP contribution in [0, 0.1) is 5.92 Å². The van der Waals surface area contributed by atoms with Crippen molar-refractivity contribution in [2.45, 2.75) is 45.6 Å². The maximum atomic E-state index is 11.6. The molecule has 1 aromatic heterocycles. The van der Waals surface area contributed by atoms with Crippen molar-refractivity contribution in [1.29, 1.82) is 0 Å². The molecule has 3 N–H and O–H groups in total. The zero-order valence-corrected chi connectivity index (χ0v) is 11.1. The van der Waals surface area contributed by atoms with E-state index < -0.39 is 0 Å². The number of aromatic nitrogens is 1. The molecule has 0 spiro atoms. The van der Waals surface area contributed by atoms with E-state index in [0.29, 0.717) is 12.3 Å². The molecule has 2 rings (SSSR count). The molecule has 0 fully saturated rings. The number of fused-ring (bicyclic) bond motifs is 1. The van der Waals surface area contributed by atoms with Crippen molar-refractivity contribution >= 4 is 22.4 Å². The van der Waals surface area contributed by atoms with Crippen LogP contribution in [0.15, 0.2) is 0 Å². The van der Waals surface area contributed by atoms with Crippen LogP contribution < -0.4 is 11.1 Å². The zero-order valence-electron chi connectivity index (χ0n) is 10.3. The molecule has 0 aliphatic heterocycles. The molecule has 1 atom stereocenters. The summed E-state index contributed by atoms with van der Waals surface area (Å²) in [6, 6.07) is 0.252. The number of anilines is 1. The molecule has 17 heavy (non-hydrogen) atoms. The molecule has 0 aromatic carbocycles. The van der Waals surface area contributed by atoms with Crippen LogP contribution in [0.2, 0.25) is 0 Å². The Morgan fingerprint density at radius 2 is 2.41 bits per heavy atom. The minimum absolute atomic E-state index is 0.0513. The van der Waals surface area contributed by atoms with Gasteiger partial charge in [-0.15, -0.1) is 11.3 Å². The molecule has 1 aromatic rings. The largest absolute Gasteiger partial charge is 0.327 e. The van der Waals surface area contributed by atoms with Crippen LogP contribution in [0.1, 0.15) is 37.3 Å². The highest BCUT2D eigenvalue weighted by atomic mass is 32.1. The number of rotatable bonds is 3. The van der Waals surface area contributed by atoms with Gasteiger partial charge >= 0.3 is 0 Å². The van der Waals surface area contributed by atoms with Crippen LogP contribution in [0.4, 0.5) is 5.13 Å². The summed E-state index contributed by atoms with van der Waals surface area (Å²) < 4.78 is 0. The van der Waals surface area contributed by atoms with E-state index >= 15 is 0 Å². The fourth-order valence-electron chi connectivity index (χ4n) is 2.00. The third-order valence-corrected chi connectivity index (χ3v) is 3.85. The van der Waals surface area contributed by atoms with Gasteiger partial charge in [-0.25, -0.2) is 4.98 Å². The summed E-state index contributed by atoms with van der Waals surface area (Å²) in [6.45, 7) is 4.07. The average Bonchev–Trinajstić information content (AvgIpc) is 2.57. The van der Waals surface area contributed by atoms with Crippen LogP contribution in [0.25, 0.3) is 0 Å². The lowest BCUT2D eigenvalue weighted by Crippen LogP contribution is -2.27. The Bertz CT molecular complexity index is 414. The zero-order chi connectivity index (χ0) is 12.4. The second kappa shape index (κ2) is 5.14. The Kier molecular flexibility index (Phi) is 3.79. The van der Waals surface area contributed by atoms with E-state index in [1.54, 1.807) is 11.3 Å². The number of nitrogens with one attached hydrogen (secondary N) is 1. The predicted molar refractivity (Wildman–Crippen MR) is 70.2 cm³/mol. The summed E-state index contributed by atoms with van der Waals surface area (Å²) in [5, 5.41) is 3.60. The van der Waals surface area contributed by atoms with Crippen LogP contribution >= 0.6 is 11.3 Å². The SMILES string of the molecule is CC(C)CC(=O)Nc1nc2c(s1)C[C@@H](N)CC2. The highest BCUT2D eigenvalue weighted by Crippen LogP contribution is 2.29. The van der Waals surface area contributed by atoms with Crippen LogP contribution in [-0.4, -0.2) is 16.9 Å². The van der Waals surface area contributed by atoms with E-state index in [0.717, 1.165) is 30.1 Å². The molecule has 1 amide bonds. The van der Waals surface area contributed by atoms with Gasteiger partial charge < -0.3 is 11.1 Å². The summed E-state index contributed by atoms with van der Waals surface area (Å²) in [5.41, 5.74) is 7.04. The van der Waals surface area contributed by atoms with Gasteiger partial charge in [-0.3, -0.25) is 4.79 Å². The number of hydrogen-bond acceptors (Lipinski definition) is 4. The van der Waals surface area contributed by atoms with Crippen molar-refractivity contribution in [2.75, 3.05) is 5.32 Å². The van der Waals surface area contributed by atoms with Gasteiger partial charge in [0.25, 0.3) is 0 Å². The Labute approximate surface area is 106 Å². The minimum Gasteiger partial charge on any atom is -0.327 e. The molecule has 0 bridgehead atoms. The summed E-state index contributed by atoms with van der Waals surface area (Å²) in [4.78, 5) is 17.3. The van der Waals surface area contributed by atoms with E-state index in [9.17, 15) is 4.79 Å². The van der Waals surface area contributed by atoms with Crippen molar-refractivity contribution in [1.82, 2.24) is 4.98 Å². The Hall–Kier alpha value is -0.940. The highest BCUT2D eigenvalue weighted by Gasteiger charge is 2.20. The van der Waals surface area contributed by atoms with Crippen LogP contribution in [0.5, 0.6) is 0 Å². The van der Waals surface area contributed by atoms with Crippen LogP contribution in [-0.2, 0) is 17.6 Å². The fraction of sp³-hybridized carbons (Fsp3) is 0.667. The number of nitrogens with zero attached hydrogens (tertiary/aromatic N) is 1. The molecule has 0 unspecified atom stereocenters. The second-order valence-electron chi connectivity index (χ2n) is 5.04. The smallest absolute Gasteiger partial charge is 0.226 e. The summed E-state index contributed by atoms with van der Waals surface area (Å²) in [7, 11) is 0. The van der Waals surface area contributed by atoms with Gasteiger partial charge in [-0.1, -0.05) is 13.8 Å². The summed E-state index contributed by atoms with van der Waals surface area (Å²) in [5.74, 6) is 0.424. The molecule has 1 aliphatic carbocycles. The van der Waals surface area contributed by atoms with Crippen molar-refractivity contribution in [2.24, 2.45) is 11.7 Å². The topological polar surface area (TPSA) is 68.0 Å². The molecule has 1 heterocycles. The van der Waals surface area contributed by atoms with E-state index in [1.165, 1.54) is 4.88 Å². The van der Waals surface area contributed by atoms with Gasteiger partial charge in [-0.05, 0) is 25.2 Å². The number of thiazole rings is 1. The van der Waals surface area contributed by atoms with Crippen molar-refractivity contribution in [3.05, 3.63) is 10.6 Å². The van der Waals surface area contributed by atoms with Crippen molar-refractivity contribution in [3.63, 3.8) is 0 Å². The summed E-state index contributed by atoms with van der Waals surface area (Å²) >= 11 is 1.57. The second-order valence-corrected chi connectivity index (χ2v) is 6.12. The summed E-state index contributed by atoms with van der Waals surface area (Å²) in [6.07, 6.45) is 3.37. The lowest BCUT2D eigenvalue weighted by atomic mass is 9.99. The van der Waals surface area contributed by atoms with Crippen LogP contribution in [0.3, 0.4) is 0 Å². The van der Waals surface area contributed by atoms with Gasteiger partial charge in [0, 0.05) is 17.3 Å². The average molecular weight is 253 g/mol. The third-order valence-electron chi connectivity index (χ3n) is 2.82. The van der Waals surface area contributed by atoms with Gasteiger partial charge in [0.1, 0.15) is 0 Å². The molecule has 0 saturated heterocycles. The van der Waals surface area contributed by atoms with E-state index in [-0.39, 0.29) is 11.9 Å². The number of amides is 1. The lowest BCUT2D eigenvalue weighted by molar-refractivity contribution is -0.116. The van der Waals surface area contributed by atoms with Gasteiger partial charge in [0.15, 0.2) is 5.13 Å². The number of aryl methyl sites for hydroxylation is 1. The molecular formula is C12H19N3OS. The van der Waals surface area contributed by atoms with Crippen molar-refractivity contribution < 1.29 is 4.79 Å². The van der Waals surface area contributed by atoms with Gasteiger partial charge in [0.2, 0.25) is 5.91 Å². The van der Waals surface area contributed by atoms with E-state index in [2.05, 4.69) is 10.3 Å². The predicted octanol–water partition coefficient (Wildman–Crippen LogP) is 1.94. The quantitative estimate of drug-likeness (QED) is 0.865. The monoisotopic (exact) mass is 253 g/mol. The maximum absolute atomic E-state index is 11.6. The van der Waals surface area contributed by atoms with Crippen molar-refractivity contribution in [3.8, 4) is 0 Å². The number of hydrogen-bond donors (Lipinski definition) is 2. The number of carbonyl (C=O) groups excluding carboxylic acids is 1. The first-order valence-corrected chi connectivity index (χ1v) is 6.90. The van der Waals surface area contributed by atoms with E-state index in [1.807, 2.05) is 13.8 Å². The maximum Gasteiger partial charge on any atom is 0.226 e. The molecule has 4 nitrogen and oxygen atoms in total. The third kappa shape index (κ3) is 3.26. The first-order chi connectivity index (χ1) is 8.04. The molecule has 0 radical (unpaired) electrons. The molecule has 0 saturated carbocycles. The van der Waals surface area contributed by atoms with Gasteiger partial charge in [0.05, 0.1) is 5.69 Å². The molecule has 94 valence electrons.